The van der Waals surface area contributed by atoms with Crippen LogP contribution in [0.25, 0.3) is 0 Å². The van der Waals surface area contributed by atoms with Crippen molar-refractivity contribution < 1.29 is 14.2 Å². The molecule has 1 saturated heterocycles. The molecule has 1 aliphatic heterocycles. The maximum Gasteiger partial charge on any atom is 0.191 e. The van der Waals surface area contributed by atoms with Gasteiger partial charge in [-0.1, -0.05) is 17.7 Å². The number of aryl methyl sites for hydroxylation is 1. The summed E-state index contributed by atoms with van der Waals surface area (Å²) in [6.45, 7) is 8.57. The normalized spacial score (nSPS) is 17.3. The fourth-order valence-corrected chi connectivity index (χ4v) is 2.97. The number of nitrogens with one attached hydrogen (secondary N) is 2. The molecule has 1 aromatic carbocycles. The lowest BCUT2D eigenvalue weighted by Crippen LogP contribution is -2.38. The number of aliphatic imine (C=N–C) groups is 1. The number of benzene rings is 1. The lowest BCUT2D eigenvalue weighted by molar-refractivity contribution is 0.0200. The van der Waals surface area contributed by atoms with Crippen molar-refractivity contribution in [1.29, 1.82) is 0 Å². The van der Waals surface area contributed by atoms with Gasteiger partial charge in [-0.25, -0.2) is 0 Å². The first-order valence-corrected chi connectivity index (χ1v) is 9.58. The molecular formula is C20H33N3O3. The average molecular weight is 364 g/mol. The van der Waals surface area contributed by atoms with Crippen molar-refractivity contribution in [3.8, 4) is 5.75 Å². The third-order valence-electron chi connectivity index (χ3n) is 4.30. The van der Waals surface area contributed by atoms with Crippen LogP contribution in [0.1, 0.15) is 30.9 Å². The molecule has 26 heavy (non-hydrogen) atoms. The van der Waals surface area contributed by atoms with Gasteiger partial charge in [0.15, 0.2) is 5.96 Å². The Kier molecular flexibility index (Phi) is 9.28. The first kappa shape index (κ1) is 20.5. The van der Waals surface area contributed by atoms with Crippen LogP contribution in [0, 0.1) is 6.92 Å². The van der Waals surface area contributed by atoms with Crippen LogP contribution >= 0.6 is 0 Å². The molecule has 0 aliphatic carbocycles. The molecule has 6 heteroatoms. The van der Waals surface area contributed by atoms with Gasteiger partial charge in [-0.15, -0.1) is 0 Å². The molecule has 0 bridgehead atoms. The topological polar surface area (TPSA) is 64.1 Å². The highest BCUT2D eigenvalue weighted by Gasteiger charge is 2.14. The molecule has 0 aromatic heterocycles. The summed E-state index contributed by atoms with van der Waals surface area (Å²) in [5.41, 5.74) is 2.44. The van der Waals surface area contributed by atoms with Crippen LogP contribution in [0.2, 0.25) is 0 Å². The number of ether oxygens (including phenoxy) is 3. The van der Waals surface area contributed by atoms with E-state index in [0.29, 0.717) is 19.8 Å². The average Bonchev–Trinajstić information content (AvgIpc) is 3.15. The van der Waals surface area contributed by atoms with Crippen molar-refractivity contribution in [2.45, 2.75) is 39.2 Å². The van der Waals surface area contributed by atoms with Gasteiger partial charge in [0.2, 0.25) is 0 Å². The fourth-order valence-electron chi connectivity index (χ4n) is 2.97. The molecule has 1 heterocycles. The molecule has 0 spiro atoms. The van der Waals surface area contributed by atoms with E-state index in [1.165, 1.54) is 11.1 Å². The fraction of sp³-hybridized carbons (Fsp3) is 0.650. The standard InChI is InChI=1S/C20H33N3O3/c1-4-21-20(23-11-13-25-15-18-6-5-12-26-18)22-10-9-17-14-16(2)7-8-19(17)24-3/h7-8,14,18H,4-6,9-13,15H2,1-3H3,(H2,21,22,23). The van der Waals surface area contributed by atoms with Crippen molar-refractivity contribution in [2.24, 2.45) is 4.99 Å². The van der Waals surface area contributed by atoms with Crippen LogP contribution in [0.3, 0.4) is 0 Å². The smallest absolute Gasteiger partial charge is 0.191 e. The second kappa shape index (κ2) is 11.8. The van der Waals surface area contributed by atoms with Gasteiger partial charge in [0.1, 0.15) is 5.75 Å². The summed E-state index contributed by atoms with van der Waals surface area (Å²) in [6.07, 6.45) is 3.40. The van der Waals surface area contributed by atoms with Crippen molar-refractivity contribution in [3.05, 3.63) is 29.3 Å². The second-order valence-corrected chi connectivity index (χ2v) is 6.46. The lowest BCUT2D eigenvalue weighted by Gasteiger charge is -2.13. The summed E-state index contributed by atoms with van der Waals surface area (Å²) in [7, 11) is 1.71. The van der Waals surface area contributed by atoms with Crippen molar-refractivity contribution >= 4 is 5.96 Å². The molecule has 0 amide bonds. The molecule has 146 valence electrons. The molecule has 1 aliphatic rings. The first-order chi connectivity index (χ1) is 12.7. The summed E-state index contributed by atoms with van der Waals surface area (Å²) < 4.78 is 16.6. The van der Waals surface area contributed by atoms with Gasteiger partial charge in [-0.2, -0.15) is 0 Å². The van der Waals surface area contributed by atoms with Gasteiger partial charge in [0.05, 0.1) is 33.0 Å². The third kappa shape index (κ3) is 7.22. The van der Waals surface area contributed by atoms with Crippen LogP contribution < -0.4 is 15.4 Å². The predicted octanol–water partition coefficient (Wildman–Crippen LogP) is 2.30. The van der Waals surface area contributed by atoms with Gasteiger partial charge in [-0.05, 0) is 44.7 Å². The van der Waals surface area contributed by atoms with E-state index in [1.54, 1.807) is 7.11 Å². The van der Waals surface area contributed by atoms with Crippen molar-refractivity contribution in [3.63, 3.8) is 0 Å². The molecule has 1 unspecified atom stereocenters. The summed E-state index contributed by atoms with van der Waals surface area (Å²) >= 11 is 0. The Morgan fingerprint density at radius 3 is 2.96 bits per heavy atom. The minimum atomic E-state index is 0.273. The Bertz CT molecular complexity index is 557. The van der Waals surface area contributed by atoms with Gasteiger partial charge in [0, 0.05) is 19.7 Å². The maximum absolute atomic E-state index is 5.66. The summed E-state index contributed by atoms with van der Waals surface area (Å²) in [5, 5.41) is 6.64. The van der Waals surface area contributed by atoms with Gasteiger partial charge in [0.25, 0.3) is 0 Å². The highest BCUT2D eigenvalue weighted by atomic mass is 16.5. The number of hydrogen-bond donors (Lipinski definition) is 2. The Hall–Kier alpha value is -1.79. The molecule has 0 radical (unpaired) electrons. The minimum Gasteiger partial charge on any atom is -0.496 e. The van der Waals surface area contributed by atoms with E-state index in [2.05, 4.69) is 41.6 Å². The number of rotatable bonds is 10. The Morgan fingerprint density at radius 1 is 1.35 bits per heavy atom. The van der Waals surface area contributed by atoms with Crippen LogP contribution in [0.15, 0.2) is 23.2 Å². The van der Waals surface area contributed by atoms with E-state index in [-0.39, 0.29) is 6.10 Å². The first-order valence-electron chi connectivity index (χ1n) is 9.58. The highest BCUT2D eigenvalue weighted by Crippen LogP contribution is 2.19. The number of guanidine groups is 1. The number of hydrogen-bond acceptors (Lipinski definition) is 4. The van der Waals surface area contributed by atoms with Gasteiger partial charge < -0.3 is 24.8 Å². The van der Waals surface area contributed by atoms with Crippen molar-refractivity contribution in [2.75, 3.05) is 46.6 Å². The SMILES string of the molecule is CCNC(=NCCOCC1CCCO1)NCCc1cc(C)ccc1OC. The second-order valence-electron chi connectivity index (χ2n) is 6.46. The number of nitrogens with zero attached hydrogens (tertiary/aromatic N) is 1. The zero-order valence-electron chi connectivity index (χ0n) is 16.3. The molecule has 6 nitrogen and oxygen atoms in total. The Balaban J connectivity index is 1.71. The van der Waals surface area contributed by atoms with E-state index in [1.807, 2.05) is 6.07 Å². The van der Waals surface area contributed by atoms with E-state index in [4.69, 9.17) is 14.2 Å². The summed E-state index contributed by atoms with van der Waals surface area (Å²) in [4.78, 5) is 4.57. The third-order valence-corrected chi connectivity index (χ3v) is 4.30. The van der Waals surface area contributed by atoms with E-state index < -0.39 is 0 Å². The van der Waals surface area contributed by atoms with Crippen LogP contribution in [-0.2, 0) is 15.9 Å². The van der Waals surface area contributed by atoms with Gasteiger partial charge in [-0.3, -0.25) is 4.99 Å². The van der Waals surface area contributed by atoms with E-state index in [0.717, 1.165) is 50.7 Å². The minimum absolute atomic E-state index is 0.273. The Morgan fingerprint density at radius 2 is 2.23 bits per heavy atom. The molecular weight excluding hydrogens is 330 g/mol. The van der Waals surface area contributed by atoms with Crippen LogP contribution in [-0.4, -0.2) is 58.6 Å². The summed E-state index contributed by atoms with van der Waals surface area (Å²) in [5.74, 6) is 1.75. The molecule has 1 aromatic rings. The largest absolute Gasteiger partial charge is 0.496 e. The summed E-state index contributed by atoms with van der Waals surface area (Å²) in [6, 6.07) is 6.26. The van der Waals surface area contributed by atoms with Crippen LogP contribution in [0.5, 0.6) is 5.75 Å². The highest BCUT2D eigenvalue weighted by molar-refractivity contribution is 5.79. The van der Waals surface area contributed by atoms with Gasteiger partial charge >= 0.3 is 0 Å². The zero-order valence-corrected chi connectivity index (χ0v) is 16.3. The van der Waals surface area contributed by atoms with Crippen LogP contribution in [0.4, 0.5) is 0 Å². The monoisotopic (exact) mass is 363 g/mol. The van der Waals surface area contributed by atoms with Crippen molar-refractivity contribution in [1.82, 2.24) is 10.6 Å². The zero-order chi connectivity index (χ0) is 18.6. The number of methoxy groups -OCH3 is 1. The Labute approximate surface area is 157 Å². The predicted molar refractivity (Wildman–Crippen MR) is 105 cm³/mol. The molecule has 1 fully saturated rings. The lowest BCUT2D eigenvalue weighted by atomic mass is 10.1. The molecule has 2 rings (SSSR count). The van der Waals surface area contributed by atoms with E-state index in [9.17, 15) is 0 Å². The maximum atomic E-state index is 5.66. The van der Waals surface area contributed by atoms with E-state index >= 15 is 0 Å². The molecule has 0 saturated carbocycles. The quantitative estimate of drug-likeness (QED) is 0.379. The molecule has 1 atom stereocenters. The molecule has 2 N–H and O–H groups in total.